The molecule has 0 saturated carbocycles. The van der Waals surface area contributed by atoms with E-state index in [2.05, 4.69) is 51.7 Å². The molecular formula is C14H20BrN3O2S. The Morgan fingerprint density at radius 1 is 1.38 bits per heavy atom. The maximum absolute atomic E-state index is 9.19. The van der Waals surface area contributed by atoms with Gasteiger partial charge in [-0.25, -0.2) is 0 Å². The predicted molar refractivity (Wildman–Crippen MR) is 87.1 cm³/mol. The Morgan fingerprint density at radius 2 is 2.14 bits per heavy atom. The lowest BCUT2D eigenvalue weighted by Crippen LogP contribution is -2.34. The van der Waals surface area contributed by atoms with Crippen LogP contribution in [-0.4, -0.2) is 39.8 Å². The van der Waals surface area contributed by atoms with E-state index in [1.54, 1.807) is 11.3 Å². The molecule has 0 amide bonds. The van der Waals surface area contributed by atoms with Gasteiger partial charge in [0.2, 0.25) is 11.7 Å². The van der Waals surface area contributed by atoms with E-state index in [1.807, 2.05) is 12.1 Å². The first-order valence-corrected chi connectivity index (χ1v) is 8.40. The normalized spacial score (nSPS) is 12.3. The van der Waals surface area contributed by atoms with Crippen LogP contribution in [0.3, 0.4) is 0 Å². The van der Waals surface area contributed by atoms with Crippen molar-refractivity contribution in [1.82, 2.24) is 15.0 Å². The molecule has 0 fully saturated rings. The smallest absolute Gasteiger partial charge is 0.241 e. The molecule has 0 aliphatic rings. The molecule has 2 aromatic heterocycles. The van der Waals surface area contributed by atoms with Gasteiger partial charge in [-0.3, -0.25) is 4.90 Å². The van der Waals surface area contributed by atoms with Gasteiger partial charge in [-0.2, -0.15) is 4.98 Å². The minimum absolute atomic E-state index is 0.120. The molecule has 21 heavy (non-hydrogen) atoms. The summed E-state index contributed by atoms with van der Waals surface area (Å²) in [6.45, 7) is 8.63. The second-order valence-electron chi connectivity index (χ2n) is 6.11. The molecule has 0 spiro atoms. The molecule has 0 bridgehead atoms. The second-order valence-corrected chi connectivity index (χ2v) is 8.57. The van der Waals surface area contributed by atoms with E-state index in [9.17, 15) is 5.11 Å². The van der Waals surface area contributed by atoms with Gasteiger partial charge in [0, 0.05) is 13.1 Å². The number of halogens is 1. The third-order valence-corrected chi connectivity index (χ3v) is 4.35. The number of hydrogen-bond acceptors (Lipinski definition) is 6. The molecule has 2 aromatic rings. The van der Waals surface area contributed by atoms with Crippen LogP contribution >= 0.6 is 27.3 Å². The number of rotatable bonds is 6. The SMILES string of the molecule is CC(C)(C)CN(CCO)Cc1nc(-c2ccc(Br)s2)no1. The van der Waals surface area contributed by atoms with E-state index < -0.39 is 0 Å². The lowest BCUT2D eigenvalue weighted by molar-refractivity contribution is 0.133. The van der Waals surface area contributed by atoms with Gasteiger partial charge in [-0.1, -0.05) is 25.9 Å². The molecule has 0 saturated heterocycles. The third kappa shape index (κ3) is 5.18. The van der Waals surface area contributed by atoms with Gasteiger partial charge in [-0.05, 0) is 33.5 Å². The van der Waals surface area contributed by atoms with Crippen LogP contribution < -0.4 is 0 Å². The zero-order valence-corrected chi connectivity index (χ0v) is 14.9. The molecule has 0 aromatic carbocycles. The Balaban J connectivity index is 2.06. The van der Waals surface area contributed by atoms with E-state index in [1.165, 1.54) is 0 Å². The topological polar surface area (TPSA) is 62.4 Å². The Kier molecular flexibility index (Phi) is 5.54. The highest BCUT2D eigenvalue weighted by atomic mass is 79.9. The van der Waals surface area contributed by atoms with Crippen molar-refractivity contribution >= 4 is 27.3 Å². The average Bonchev–Trinajstić information content (AvgIpc) is 2.96. The Labute approximate surface area is 137 Å². The zero-order valence-electron chi connectivity index (χ0n) is 12.5. The summed E-state index contributed by atoms with van der Waals surface area (Å²) in [5, 5.41) is 13.2. The quantitative estimate of drug-likeness (QED) is 0.840. The highest BCUT2D eigenvalue weighted by Gasteiger charge is 2.19. The average molecular weight is 374 g/mol. The van der Waals surface area contributed by atoms with Crippen LogP contribution in [0, 0.1) is 5.41 Å². The number of hydrogen-bond donors (Lipinski definition) is 1. The third-order valence-electron chi connectivity index (χ3n) is 2.73. The summed E-state index contributed by atoms with van der Waals surface area (Å²) in [5.74, 6) is 1.19. The standard InChI is InChI=1S/C14H20BrN3O2S/c1-14(2,3)9-18(6-7-19)8-12-16-13(17-20-12)10-4-5-11(15)21-10/h4-5,19H,6-9H2,1-3H3. The van der Waals surface area contributed by atoms with E-state index in [-0.39, 0.29) is 12.0 Å². The first-order chi connectivity index (χ1) is 9.87. The van der Waals surface area contributed by atoms with Gasteiger partial charge in [0.1, 0.15) is 0 Å². The molecule has 0 unspecified atom stereocenters. The number of aliphatic hydroxyl groups excluding tert-OH is 1. The number of aromatic nitrogens is 2. The number of nitrogens with zero attached hydrogens (tertiary/aromatic N) is 3. The lowest BCUT2D eigenvalue weighted by Gasteiger charge is -2.28. The maximum atomic E-state index is 9.19. The molecule has 0 aliphatic heterocycles. The van der Waals surface area contributed by atoms with Crippen molar-refractivity contribution in [1.29, 1.82) is 0 Å². The minimum atomic E-state index is 0.120. The number of thiophene rings is 1. The van der Waals surface area contributed by atoms with Crippen LogP contribution in [0.2, 0.25) is 0 Å². The summed E-state index contributed by atoms with van der Waals surface area (Å²) in [7, 11) is 0. The fourth-order valence-corrected chi connectivity index (χ4v) is 3.38. The van der Waals surface area contributed by atoms with Crippen molar-refractivity contribution in [3.8, 4) is 10.7 Å². The van der Waals surface area contributed by atoms with E-state index in [4.69, 9.17) is 4.52 Å². The molecule has 1 N–H and O–H groups in total. The van der Waals surface area contributed by atoms with Crippen LogP contribution in [-0.2, 0) is 6.54 Å². The van der Waals surface area contributed by atoms with Crippen molar-refractivity contribution in [3.05, 3.63) is 21.8 Å². The predicted octanol–water partition coefficient (Wildman–Crippen LogP) is 3.40. The van der Waals surface area contributed by atoms with Gasteiger partial charge >= 0.3 is 0 Å². The summed E-state index contributed by atoms with van der Waals surface area (Å²) in [5.41, 5.74) is 0.149. The molecule has 7 heteroatoms. The summed E-state index contributed by atoms with van der Waals surface area (Å²) >= 11 is 5.00. The van der Waals surface area contributed by atoms with Crippen LogP contribution in [0.25, 0.3) is 10.7 Å². The van der Waals surface area contributed by atoms with Crippen molar-refractivity contribution in [3.63, 3.8) is 0 Å². The molecular weight excluding hydrogens is 354 g/mol. The monoisotopic (exact) mass is 373 g/mol. The first-order valence-electron chi connectivity index (χ1n) is 6.79. The van der Waals surface area contributed by atoms with Crippen molar-refractivity contribution < 1.29 is 9.63 Å². The second kappa shape index (κ2) is 7.00. The molecule has 2 rings (SSSR count). The fourth-order valence-electron chi connectivity index (χ4n) is 2.07. The highest BCUT2D eigenvalue weighted by Crippen LogP contribution is 2.29. The summed E-state index contributed by atoms with van der Waals surface area (Å²) in [6, 6.07) is 3.93. The molecule has 0 atom stereocenters. The van der Waals surface area contributed by atoms with Gasteiger partial charge in [0.25, 0.3) is 0 Å². The summed E-state index contributed by atoms with van der Waals surface area (Å²) in [6.07, 6.45) is 0. The van der Waals surface area contributed by atoms with Gasteiger partial charge in [0.15, 0.2) is 0 Å². The lowest BCUT2D eigenvalue weighted by atomic mass is 9.96. The molecule has 5 nitrogen and oxygen atoms in total. The van der Waals surface area contributed by atoms with E-state index in [0.29, 0.717) is 24.8 Å². The van der Waals surface area contributed by atoms with E-state index >= 15 is 0 Å². The Bertz CT molecular complexity index is 577. The minimum Gasteiger partial charge on any atom is -0.395 e. The largest absolute Gasteiger partial charge is 0.395 e. The van der Waals surface area contributed by atoms with Gasteiger partial charge in [-0.15, -0.1) is 11.3 Å². The summed E-state index contributed by atoms with van der Waals surface area (Å²) < 4.78 is 6.37. The highest BCUT2D eigenvalue weighted by molar-refractivity contribution is 9.11. The van der Waals surface area contributed by atoms with E-state index in [0.717, 1.165) is 15.2 Å². The van der Waals surface area contributed by atoms with Crippen molar-refractivity contribution in [2.45, 2.75) is 27.3 Å². The van der Waals surface area contributed by atoms with Crippen LogP contribution in [0.15, 0.2) is 20.4 Å². The fraction of sp³-hybridized carbons (Fsp3) is 0.571. The maximum Gasteiger partial charge on any atom is 0.241 e. The first kappa shape index (κ1) is 16.6. The Morgan fingerprint density at radius 3 is 2.71 bits per heavy atom. The zero-order chi connectivity index (χ0) is 15.5. The van der Waals surface area contributed by atoms with Crippen LogP contribution in [0.1, 0.15) is 26.7 Å². The molecule has 0 radical (unpaired) electrons. The molecule has 0 aliphatic carbocycles. The Hall–Kier alpha value is -0.760. The van der Waals surface area contributed by atoms with Gasteiger partial charge < -0.3 is 9.63 Å². The van der Waals surface area contributed by atoms with Gasteiger partial charge in [0.05, 0.1) is 21.8 Å². The summed E-state index contributed by atoms with van der Waals surface area (Å²) in [4.78, 5) is 7.53. The molecule has 2 heterocycles. The van der Waals surface area contributed by atoms with Crippen LogP contribution in [0.5, 0.6) is 0 Å². The van der Waals surface area contributed by atoms with Crippen LogP contribution in [0.4, 0.5) is 0 Å². The van der Waals surface area contributed by atoms with Crippen molar-refractivity contribution in [2.75, 3.05) is 19.7 Å². The number of aliphatic hydroxyl groups is 1. The van der Waals surface area contributed by atoms with Crippen molar-refractivity contribution in [2.24, 2.45) is 5.41 Å². The molecule has 116 valence electrons.